The Bertz CT molecular complexity index is 459. The Morgan fingerprint density at radius 3 is 2.94 bits per heavy atom. The molecule has 1 aliphatic heterocycles. The minimum absolute atomic E-state index is 0.0844. The number of carbonyl (C=O) groups excluding carboxylic acids is 2. The third-order valence-electron chi connectivity index (χ3n) is 2.70. The van der Waals surface area contributed by atoms with E-state index in [1.807, 2.05) is 24.3 Å². The van der Waals surface area contributed by atoms with Crippen molar-refractivity contribution in [2.75, 3.05) is 11.6 Å². The van der Waals surface area contributed by atoms with Crippen molar-refractivity contribution in [3.8, 4) is 0 Å². The van der Waals surface area contributed by atoms with Crippen LogP contribution in [0.4, 0.5) is 5.69 Å². The van der Waals surface area contributed by atoms with Crippen molar-refractivity contribution >= 4 is 17.6 Å². The third kappa shape index (κ3) is 2.29. The maximum Gasteiger partial charge on any atom is 0.304 e. The van der Waals surface area contributed by atoms with E-state index >= 15 is 0 Å². The molecule has 1 atom stereocenters. The molecular formula is C12H14N2O3. The molecule has 17 heavy (non-hydrogen) atoms. The van der Waals surface area contributed by atoms with Crippen LogP contribution < -0.4 is 10.6 Å². The van der Waals surface area contributed by atoms with E-state index in [0.29, 0.717) is 6.42 Å². The number of nitrogens with two attached hydrogens (primary N) is 1. The Morgan fingerprint density at radius 2 is 2.24 bits per heavy atom. The van der Waals surface area contributed by atoms with Gasteiger partial charge in [0.15, 0.2) is 6.73 Å². The van der Waals surface area contributed by atoms with Crippen LogP contribution in [0.2, 0.25) is 0 Å². The number of benzene rings is 1. The van der Waals surface area contributed by atoms with Gasteiger partial charge in [-0.25, -0.2) is 0 Å². The summed E-state index contributed by atoms with van der Waals surface area (Å²) in [7, 11) is 0. The lowest BCUT2D eigenvalue weighted by atomic mass is 9.98. The molecule has 2 rings (SSSR count). The van der Waals surface area contributed by atoms with Crippen molar-refractivity contribution in [1.82, 2.24) is 0 Å². The minimum Gasteiger partial charge on any atom is -0.444 e. The molecule has 1 heterocycles. The summed E-state index contributed by atoms with van der Waals surface area (Å²) in [5, 5.41) is 0. The van der Waals surface area contributed by atoms with E-state index in [0.717, 1.165) is 11.3 Å². The maximum atomic E-state index is 11.9. The fraction of sp³-hybridized carbons (Fsp3) is 0.333. The van der Waals surface area contributed by atoms with Crippen molar-refractivity contribution in [3.05, 3.63) is 29.8 Å². The van der Waals surface area contributed by atoms with Gasteiger partial charge in [0.25, 0.3) is 0 Å². The van der Waals surface area contributed by atoms with Crippen LogP contribution in [0.25, 0.3) is 0 Å². The molecule has 1 aliphatic rings. The molecule has 0 saturated carbocycles. The zero-order valence-corrected chi connectivity index (χ0v) is 9.55. The number of hydrogen-bond acceptors (Lipinski definition) is 4. The summed E-state index contributed by atoms with van der Waals surface area (Å²) in [6.07, 6.45) is 0.519. The molecule has 0 spiro atoms. The average Bonchev–Trinajstić information content (AvgIpc) is 2.29. The van der Waals surface area contributed by atoms with Gasteiger partial charge in [0.2, 0.25) is 5.91 Å². The first kappa shape index (κ1) is 11.6. The molecule has 0 aliphatic carbocycles. The molecule has 0 aromatic heterocycles. The summed E-state index contributed by atoms with van der Waals surface area (Å²) in [5.74, 6) is -0.639. The topological polar surface area (TPSA) is 72.6 Å². The van der Waals surface area contributed by atoms with Gasteiger partial charge in [0.05, 0.1) is 11.7 Å². The summed E-state index contributed by atoms with van der Waals surface area (Å²) in [5.41, 5.74) is 7.51. The van der Waals surface area contributed by atoms with Gasteiger partial charge in [0.1, 0.15) is 0 Å². The first-order valence-corrected chi connectivity index (χ1v) is 5.38. The largest absolute Gasteiger partial charge is 0.444 e. The molecule has 1 aromatic rings. The number of rotatable bonds is 2. The predicted octanol–water partition coefficient (Wildman–Crippen LogP) is 0.424. The second-order valence-electron chi connectivity index (χ2n) is 3.97. The number of fused-ring (bicyclic) bond motifs is 1. The highest BCUT2D eigenvalue weighted by Crippen LogP contribution is 2.26. The third-order valence-corrected chi connectivity index (χ3v) is 2.70. The number of amides is 1. The highest BCUT2D eigenvalue weighted by molar-refractivity contribution is 6.00. The van der Waals surface area contributed by atoms with Crippen LogP contribution >= 0.6 is 0 Å². The van der Waals surface area contributed by atoms with E-state index in [-0.39, 0.29) is 12.6 Å². The van der Waals surface area contributed by atoms with Gasteiger partial charge in [-0.3, -0.25) is 14.5 Å². The SMILES string of the molecule is CC(=O)OCN1C(=O)C(N)Cc2ccccc21. The lowest BCUT2D eigenvalue weighted by Crippen LogP contribution is -2.49. The van der Waals surface area contributed by atoms with Crippen LogP contribution in [-0.2, 0) is 20.7 Å². The van der Waals surface area contributed by atoms with E-state index in [9.17, 15) is 9.59 Å². The first-order valence-electron chi connectivity index (χ1n) is 5.38. The van der Waals surface area contributed by atoms with Crippen molar-refractivity contribution in [3.63, 3.8) is 0 Å². The molecule has 5 nitrogen and oxygen atoms in total. The standard InChI is InChI=1S/C12H14N2O3/c1-8(15)17-7-14-11-5-3-2-4-9(11)6-10(13)12(14)16/h2-5,10H,6-7,13H2,1H3. The van der Waals surface area contributed by atoms with E-state index in [1.165, 1.54) is 11.8 Å². The highest BCUT2D eigenvalue weighted by Gasteiger charge is 2.30. The molecule has 90 valence electrons. The highest BCUT2D eigenvalue weighted by atomic mass is 16.5. The van der Waals surface area contributed by atoms with Gasteiger partial charge in [-0.15, -0.1) is 0 Å². The molecule has 2 N–H and O–H groups in total. The fourth-order valence-electron chi connectivity index (χ4n) is 1.88. The van der Waals surface area contributed by atoms with Crippen molar-refractivity contribution in [2.24, 2.45) is 5.73 Å². The summed E-state index contributed by atoms with van der Waals surface area (Å²) in [6.45, 7) is 1.22. The lowest BCUT2D eigenvalue weighted by Gasteiger charge is -2.31. The van der Waals surface area contributed by atoms with Crippen LogP contribution in [-0.4, -0.2) is 24.6 Å². The van der Waals surface area contributed by atoms with Crippen LogP contribution in [0, 0.1) is 0 Å². The molecular weight excluding hydrogens is 220 g/mol. The van der Waals surface area contributed by atoms with E-state index in [2.05, 4.69) is 0 Å². The van der Waals surface area contributed by atoms with E-state index in [4.69, 9.17) is 10.5 Å². The maximum absolute atomic E-state index is 11.9. The Labute approximate surface area is 99.2 Å². The zero-order valence-electron chi connectivity index (χ0n) is 9.55. The molecule has 1 unspecified atom stereocenters. The smallest absolute Gasteiger partial charge is 0.304 e. The molecule has 1 amide bonds. The van der Waals surface area contributed by atoms with Gasteiger partial charge in [0, 0.05) is 6.92 Å². The Hall–Kier alpha value is -1.88. The van der Waals surface area contributed by atoms with Crippen LogP contribution in [0.5, 0.6) is 0 Å². The summed E-state index contributed by atoms with van der Waals surface area (Å²) >= 11 is 0. The van der Waals surface area contributed by atoms with Crippen LogP contribution in [0.3, 0.4) is 0 Å². The van der Waals surface area contributed by atoms with E-state index < -0.39 is 12.0 Å². The fourth-order valence-corrected chi connectivity index (χ4v) is 1.88. The molecule has 5 heteroatoms. The van der Waals surface area contributed by atoms with Gasteiger partial charge >= 0.3 is 5.97 Å². The van der Waals surface area contributed by atoms with Gasteiger partial charge in [-0.2, -0.15) is 0 Å². The molecule has 0 saturated heterocycles. The zero-order chi connectivity index (χ0) is 12.4. The Morgan fingerprint density at radius 1 is 1.53 bits per heavy atom. The summed E-state index contributed by atoms with van der Waals surface area (Å²) in [4.78, 5) is 24.1. The number of ether oxygens (including phenoxy) is 1. The van der Waals surface area contributed by atoms with E-state index in [1.54, 1.807) is 0 Å². The Kier molecular flexibility index (Phi) is 3.10. The molecule has 0 bridgehead atoms. The first-order chi connectivity index (χ1) is 8.09. The number of anilines is 1. The average molecular weight is 234 g/mol. The second-order valence-corrected chi connectivity index (χ2v) is 3.97. The summed E-state index contributed by atoms with van der Waals surface area (Å²) < 4.78 is 4.87. The number of hydrogen-bond donors (Lipinski definition) is 1. The summed E-state index contributed by atoms with van der Waals surface area (Å²) in [6, 6.07) is 6.90. The lowest BCUT2D eigenvalue weighted by molar-refractivity contribution is -0.141. The normalized spacial score (nSPS) is 18.8. The number of para-hydroxylation sites is 1. The predicted molar refractivity (Wildman–Crippen MR) is 62.2 cm³/mol. The van der Waals surface area contributed by atoms with Gasteiger partial charge < -0.3 is 10.5 Å². The number of esters is 1. The quantitative estimate of drug-likeness (QED) is 0.753. The second kappa shape index (κ2) is 4.55. The molecule has 0 radical (unpaired) electrons. The van der Waals surface area contributed by atoms with Crippen molar-refractivity contribution in [2.45, 2.75) is 19.4 Å². The van der Waals surface area contributed by atoms with Crippen molar-refractivity contribution in [1.29, 1.82) is 0 Å². The number of carbonyl (C=O) groups is 2. The Balaban J connectivity index is 2.28. The monoisotopic (exact) mass is 234 g/mol. The molecule has 1 aromatic carbocycles. The van der Waals surface area contributed by atoms with Gasteiger partial charge in [-0.1, -0.05) is 18.2 Å². The van der Waals surface area contributed by atoms with Gasteiger partial charge in [-0.05, 0) is 18.1 Å². The van der Waals surface area contributed by atoms with Crippen LogP contribution in [0.15, 0.2) is 24.3 Å². The molecule has 0 fully saturated rings. The number of nitrogens with zero attached hydrogens (tertiary/aromatic N) is 1. The van der Waals surface area contributed by atoms with Crippen LogP contribution in [0.1, 0.15) is 12.5 Å². The van der Waals surface area contributed by atoms with Crippen molar-refractivity contribution < 1.29 is 14.3 Å². The minimum atomic E-state index is -0.569.